The average molecular weight is 684 g/mol. The minimum Gasteiger partial charge on any atom is -0.369 e. The van der Waals surface area contributed by atoms with Crippen LogP contribution in [0.3, 0.4) is 0 Å². The summed E-state index contributed by atoms with van der Waals surface area (Å²) in [6, 6.07) is 30.1. The Hall–Kier alpha value is -4.33. The molecule has 3 N–H and O–H groups in total. The number of hydrogen-bond acceptors (Lipinski definition) is 4. The second-order valence-electron chi connectivity index (χ2n) is 12.8. The number of hydrogen-bond donors (Lipinski definition) is 2. The van der Waals surface area contributed by atoms with E-state index in [9.17, 15) is 14.4 Å². The van der Waals surface area contributed by atoms with E-state index in [4.69, 9.17) is 28.9 Å². The van der Waals surface area contributed by atoms with Gasteiger partial charge >= 0.3 is 0 Å². The predicted octanol–water partition coefficient (Wildman–Crippen LogP) is 8.15. The number of rotatable bonds is 12. The lowest BCUT2D eigenvalue weighted by atomic mass is 9.83. The SMILES string of the molecule is CCCC(C(N)=O)C(CC1CC1)C(=O)NC1CN(c2ccccc2)c2ccccc2N(Cc2cccc(-c3ccc(Cl)cc3Cl)c2)C1=O. The molecule has 1 aliphatic heterocycles. The van der Waals surface area contributed by atoms with Crippen LogP contribution < -0.4 is 20.9 Å². The second kappa shape index (κ2) is 14.8. The maximum atomic E-state index is 14.7. The van der Waals surface area contributed by atoms with Crippen LogP contribution in [0, 0.1) is 17.8 Å². The summed E-state index contributed by atoms with van der Waals surface area (Å²) < 4.78 is 0. The lowest BCUT2D eigenvalue weighted by molar-refractivity contribution is -0.135. The number of fused-ring (bicyclic) bond motifs is 1. The Labute approximate surface area is 292 Å². The molecule has 4 aromatic carbocycles. The van der Waals surface area contributed by atoms with Gasteiger partial charge in [-0.3, -0.25) is 14.4 Å². The predicted molar refractivity (Wildman–Crippen MR) is 193 cm³/mol. The van der Waals surface area contributed by atoms with E-state index >= 15 is 0 Å². The number of nitrogens with one attached hydrogen (secondary N) is 1. The minimum absolute atomic E-state index is 0.216. The molecule has 3 atom stereocenters. The van der Waals surface area contributed by atoms with E-state index < -0.39 is 23.8 Å². The number of carbonyl (C=O) groups is 3. The molecule has 4 aromatic rings. The van der Waals surface area contributed by atoms with Crippen molar-refractivity contribution in [2.45, 2.75) is 51.6 Å². The van der Waals surface area contributed by atoms with Crippen molar-refractivity contribution in [2.75, 3.05) is 16.3 Å². The van der Waals surface area contributed by atoms with Crippen LogP contribution in [0.15, 0.2) is 97.1 Å². The first-order valence-corrected chi connectivity index (χ1v) is 17.4. The number of carbonyl (C=O) groups excluding carboxylic acids is 3. The molecule has 1 aliphatic carbocycles. The summed E-state index contributed by atoms with van der Waals surface area (Å²) in [5, 5.41) is 4.22. The number of amides is 3. The summed E-state index contributed by atoms with van der Waals surface area (Å²) in [5.74, 6) is -1.78. The zero-order chi connectivity index (χ0) is 33.8. The monoisotopic (exact) mass is 682 g/mol. The van der Waals surface area contributed by atoms with Gasteiger partial charge in [0.2, 0.25) is 11.8 Å². The van der Waals surface area contributed by atoms with E-state index in [1.807, 2.05) is 91.9 Å². The largest absolute Gasteiger partial charge is 0.369 e. The van der Waals surface area contributed by atoms with E-state index in [1.165, 1.54) is 0 Å². The Morgan fingerprint density at radius 3 is 2.31 bits per heavy atom. The van der Waals surface area contributed by atoms with Crippen molar-refractivity contribution in [1.82, 2.24) is 5.32 Å². The first kappa shape index (κ1) is 33.6. The molecule has 1 heterocycles. The molecule has 3 amide bonds. The summed E-state index contributed by atoms with van der Waals surface area (Å²) in [6.45, 7) is 2.46. The fraction of sp³-hybridized carbons (Fsp3) is 0.308. The average Bonchev–Trinajstić information content (AvgIpc) is 3.92. The Morgan fingerprint density at radius 2 is 1.62 bits per heavy atom. The highest BCUT2D eigenvalue weighted by Gasteiger charge is 2.40. The van der Waals surface area contributed by atoms with Crippen molar-refractivity contribution < 1.29 is 14.4 Å². The molecule has 3 unspecified atom stereocenters. The zero-order valence-electron chi connectivity index (χ0n) is 26.9. The number of para-hydroxylation sites is 3. The molecular weight excluding hydrogens is 643 g/mol. The molecule has 2 aliphatic rings. The van der Waals surface area contributed by atoms with Gasteiger partial charge in [0.15, 0.2) is 0 Å². The van der Waals surface area contributed by atoms with Crippen LogP contribution in [-0.2, 0) is 20.9 Å². The highest BCUT2D eigenvalue weighted by Crippen LogP contribution is 2.40. The van der Waals surface area contributed by atoms with Gasteiger partial charge in [-0.2, -0.15) is 0 Å². The topological polar surface area (TPSA) is 95.7 Å². The van der Waals surface area contributed by atoms with Crippen LogP contribution in [-0.4, -0.2) is 30.3 Å². The fourth-order valence-electron chi connectivity index (χ4n) is 6.75. The molecule has 9 heteroatoms. The zero-order valence-corrected chi connectivity index (χ0v) is 28.5. The normalized spacial score (nSPS) is 17.3. The van der Waals surface area contributed by atoms with Gasteiger partial charge in [0.05, 0.1) is 24.5 Å². The number of anilines is 3. The summed E-state index contributed by atoms with van der Waals surface area (Å²) in [7, 11) is 0. The van der Waals surface area contributed by atoms with E-state index in [0.29, 0.717) is 28.8 Å². The Balaban J connectivity index is 1.38. The Morgan fingerprint density at radius 1 is 0.896 bits per heavy atom. The molecule has 1 fully saturated rings. The first-order valence-electron chi connectivity index (χ1n) is 16.6. The maximum absolute atomic E-state index is 14.7. The van der Waals surface area contributed by atoms with Crippen molar-refractivity contribution in [3.63, 3.8) is 0 Å². The summed E-state index contributed by atoms with van der Waals surface area (Å²) in [4.78, 5) is 45.3. The second-order valence-corrected chi connectivity index (χ2v) is 13.7. The third-order valence-electron chi connectivity index (χ3n) is 9.36. The Kier molecular flexibility index (Phi) is 10.4. The number of nitrogens with two attached hydrogens (primary N) is 1. The van der Waals surface area contributed by atoms with E-state index in [0.717, 1.165) is 53.0 Å². The highest BCUT2D eigenvalue weighted by molar-refractivity contribution is 6.36. The van der Waals surface area contributed by atoms with Crippen molar-refractivity contribution in [2.24, 2.45) is 23.5 Å². The number of nitrogens with zero attached hydrogens (tertiary/aromatic N) is 2. The standard InChI is InChI=1S/C39H40Cl2N4O3/c1-2-9-31(37(42)46)32(21-25-16-17-25)38(47)43-34-24-44(29-12-4-3-5-13-29)35-14-6-7-15-36(35)45(39(34)48)23-26-10-8-11-27(20-26)30-19-18-28(40)22-33(30)41/h3-8,10-15,18-20,22,25,31-32,34H,2,9,16-17,21,23-24H2,1H3,(H2,42,46)(H,43,47). The number of halogens is 2. The molecule has 1 saturated carbocycles. The van der Waals surface area contributed by atoms with Gasteiger partial charge in [0.25, 0.3) is 5.91 Å². The van der Waals surface area contributed by atoms with Crippen molar-refractivity contribution >= 4 is 58.0 Å². The van der Waals surface area contributed by atoms with Gasteiger partial charge < -0.3 is 20.9 Å². The van der Waals surface area contributed by atoms with E-state index in [2.05, 4.69) is 10.2 Å². The van der Waals surface area contributed by atoms with Crippen molar-refractivity contribution in [3.05, 3.63) is 113 Å². The molecule has 0 saturated heterocycles. The number of primary amides is 1. The molecule has 248 valence electrons. The fourth-order valence-corrected chi connectivity index (χ4v) is 7.27. The molecule has 7 nitrogen and oxygen atoms in total. The van der Waals surface area contributed by atoms with Crippen LogP contribution in [0.25, 0.3) is 11.1 Å². The van der Waals surface area contributed by atoms with Gasteiger partial charge in [-0.05, 0) is 72.4 Å². The highest BCUT2D eigenvalue weighted by atomic mass is 35.5. The van der Waals surface area contributed by atoms with Crippen molar-refractivity contribution in [1.29, 1.82) is 0 Å². The summed E-state index contributed by atoms with van der Waals surface area (Å²) in [6.07, 6.45) is 3.92. The maximum Gasteiger partial charge on any atom is 0.251 e. The van der Waals surface area contributed by atoms with Crippen LogP contribution in [0.1, 0.15) is 44.6 Å². The molecule has 6 rings (SSSR count). The van der Waals surface area contributed by atoms with Crippen molar-refractivity contribution in [3.8, 4) is 11.1 Å². The van der Waals surface area contributed by atoms with Gasteiger partial charge in [-0.1, -0.05) is 104 Å². The third kappa shape index (κ3) is 7.53. The molecular formula is C39H40Cl2N4O3. The minimum atomic E-state index is -0.893. The smallest absolute Gasteiger partial charge is 0.251 e. The Bertz CT molecular complexity index is 1800. The molecule has 0 aromatic heterocycles. The van der Waals surface area contributed by atoms with Crippen LogP contribution >= 0.6 is 23.2 Å². The molecule has 0 spiro atoms. The number of benzene rings is 4. The van der Waals surface area contributed by atoms with Gasteiger partial charge in [0, 0.05) is 33.1 Å². The first-order chi connectivity index (χ1) is 23.2. The molecule has 0 bridgehead atoms. The summed E-state index contributed by atoms with van der Waals surface area (Å²) >= 11 is 12.7. The molecule has 48 heavy (non-hydrogen) atoms. The summed E-state index contributed by atoms with van der Waals surface area (Å²) in [5.41, 5.74) is 11.0. The van der Waals surface area contributed by atoms with Gasteiger partial charge in [-0.15, -0.1) is 0 Å². The van der Waals surface area contributed by atoms with E-state index in [1.54, 1.807) is 17.0 Å². The molecule has 0 radical (unpaired) electrons. The van der Waals surface area contributed by atoms with E-state index in [-0.39, 0.29) is 24.9 Å². The van der Waals surface area contributed by atoms with Crippen LogP contribution in [0.5, 0.6) is 0 Å². The van der Waals surface area contributed by atoms with Gasteiger partial charge in [-0.25, -0.2) is 0 Å². The van der Waals surface area contributed by atoms with Crippen LogP contribution in [0.2, 0.25) is 10.0 Å². The lowest BCUT2D eigenvalue weighted by Gasteiger charge is -2.29. The lowest BCUT2D eigenvalue weighted by Crippen LogP contribution is -2.54. The van der Waals surface area contributed by atoms with Gasteiger partial charge in [0.1, 0.15) is 6.04 Å². The quantitative estimate of drug-likeness (QED) is 0.158. The third-order valence-corrected chi connectivity index (χ3v) is 9.91. The van der Waals surface area contributed by atoms with Crippen LogP contribution in [0.4, 0.5) is 17.1 Å².